The Morgan fingerprint density at radius 2 is 1.54 bits per heavy atom. The van der Waals surface area contributed by atoms with Gasteiger partial charge in [-0.3, -0.25) is 4.79 Å². The van der Waals surface area contributed by atoms with E-state index in [1.54, 1.807) is 14.1 Å². The van der Waals surface area contributed by atoms with Gasteiger partial charge in [-0.25, -0.2) is 14.0 Å². The first-order valence-corrected chi connectivity index (χ1v) is 6.87. The number of esters is 2. The summed E-state index contributed by atoms with van der Waals surface area (Å²) >= 11 is 0. The number of ketones is 1. The Labute approximate surface area is 139 Å². The summed E-state index contributed by atoms with van der Waals surface area (Å²) < 4.78 is 23.0. The highest BCUT2D eigenvalue weighted by Crippen LogP contribution is 2.17. The van der Waals surface area contributed by atoms with E-state index in [4.69, 9.17) is 0 Å². The molecular weight excluding hydrogens is 317 g/mol. The lowest BCUT2D eigenvalue weighted by Crippen LogP contribution is -2.19. The van der Waals surface area contributed by atoms with Crippen LogP contribution in [-0.4, -0.2) is 50.9 Å². The molecule has 24 heavy (non-hydrogen) atoms. The Morgan fingerprint density at radius 3 is 2.04 bits per heavy atom. The molecule has 1 aromatic carbocycles. The Kier molecular flexibility index (Phi) is 6.85. The van der Waals surface area contributed by atoms with Crippen molar-refractivity contribution in [1.29, 1.82) is 0 Å². The Hall–Kier alpha value is -2.96. The summed E-state index contributed by atoms with van der Waals surface area (Å²) in [6, 6.07) is 5.31. The maximum absolute atomic E-state index is 13.7. The average Bonchev–Trinajstić information content (AvgIpc) is 2.56. The maximum atomic E-state index is 13.7. The number of benzene rings is 1. The topological polar surface area (TPSA) is 72.9 Å². The molecule has 0 bridgehead atoms. The smallest absolute Gasteiger partial charge is 0.340 e. The van der Waals surface area contributed by atoms with Gasteiger partial charge in [0.15, 0.2) is 5.78 Å². The minimum absolute atomic E-state index is 0.181. The number of ether oxygens (including phenoxy) is 2. The summed E-state index contributed by atoms with van der Waals surface area (Å²) in [5.74, 6) is -3.26. The van der Waals surface area contributed by atoms with E-state index in [0.29, 0.717) is 0 Å². The summed E-state index contributed by atoms with van der Waals surface area (Å²) in [6.07, 6.45) is 2.17. The molecule has 0 atom stereocenters. The molecule has 0 amide bonds. The molecule has 0 saturated carbocycles. The van der Waals surface area contributed by atoms with Gasteiger partial charge < -0.3 is 14.4 Å². The number of halogens is 1. The van der Waals surface area contributed by atoms with Gasteiger partial charge in [0, 0.05) is 26.4 Å². The molecule has 1 aromatic rings. The van der Waals surface area contributed by atoms with Crippen molar-refractivity contribution in [3.8, 4) is 0 Å². The lowest BCUT2D eigenvalue weighted by Gasteiger charge is -2.12. The Morgan fingerprint density at radius 1 is 1.00 bits per heavy atom. The molecule has 0 aromatic heterocycles. The lowest BCUT2D eigenvalue weighted by molar-refractivity contribution is -0.139. The molecular formula is C17H18FNO5. The van der Waals surface area contributed by atoms with E-state index in [2.05, 4.69) is 9.47 Å². The second-order valence-corrected chi connectivity index (χ2v) is 4.89. The fourth-order valence-corrected chi connectivity index (χ4v) is 1.83. The zero-order valence-electron chi connectivity index (χ0n) is 13.8. The molecule has 0 fully saturated rings. The van der Waals surface area contributed by atoms with E-state index in [1.807, 2.05) is 0 Å². The number of carbonyl (C=O) groups is 3. The minimum Gasteiger partial charge on any atom is -0.465 e. The second kappa shape index (κ2) is 8.61. The van der Waals surface area contributed by atoms with Crippen molar-refractivity contribution in [1.82, 2.24) is 4.90 Å². The van der Waals surface area contributed by atoms with Gasteiger partial charge in [0.1, 0.15) is 5.82 Å². The number of carbonyl (C=O) groups excluding carboxylic acids is 3. The van der Waals surface area contributed by atoms with Crippen molar-refractivity contribution in [2.24, 2.45) is 0 Å². The van der Waals surface area contributed by atoms with E-state index in [0.717, 1.165) is 26.4 Å². The van der Waals surface area contributed by atoms with Crippen molar-refractivity contribution in [2.45, 2.75) is 0 Å². The fourth-order valence-electron chi connectivity index (χ4n) is 1.83. The summed E-state index contributed by atoms with van der Waals surface area (Å²) in [5.41, 5.74) is -0.738. The van der Waals surface area contributed by atoms with Crippen LogP contribution < -0.4 is 0 Å². The van der Waals surface area contributed by atoms with E-state index >= 15 is 0 Å². The number of hydrogen-bond acceptors (Lipinski definition) is 6. The second-order valence-electron chi connectivity index (χ2n) is 4.89. The van der Waals surface area contributed by atoms with Gasteiger partial charge in [-0.15, -0.1) is 0 Å². The molecule has 0 saturated heterocycles. The van der Waals surface area contributed by atoms with Gasteiger partial charge in [-0.2, -0.15) is 0 Å². The Balaban J connectivity index is 3.45. The number of rotatable bonds is 6. The molecule has 1 rings (SSSR count). The van der Waals surface area contributed by atoms with Crippen molar-refractivity contribution in [3.05, 3.63) is 59.1 Å². The van der Waals surface area contributed by atoms with Gasteiger partial charge >= 0.3 is 11.9 Å². The molecule has 0 heterocycles. The van der Waals surface area contributed by atoms with E-state index in [1.165, 1.54) is 29.3 Å². The van der Waals surface area contributed by atoms with Crippen LogP contribution >= 0.6 is 0 Å². The normalized spacial score (nSPS) is 11.7. The molecule has 0 aliphatic carbocycles. The van der Waals surface area contributed by atoms with Gasteiger partial charge in [-0.05, 0) is 12.1 Å². The monoisotopic (exact) mass is 335 g/mol. The first-order valence-electron chi connectivity index (χ1n) is 6.87. The van der Waals surface area contributed by atoms with Gasteiger partial charge in [0.25, 0.3) is 0 Å². The molecule has 128 valence electrons. The minimum atomic E-state index is -0.918. The quantitative estimate of drug-likeness (QED) is 0.341. The predicted octanol–water partition coefficient (Wildman–Crippen LogP) is 1.73. The van der Waals surface area contributed by atoms with Crippen molar-refractivity contribution in [2.75, 3.05) is 28.3 Å². The molecule has 0 N–H and O–H groups in total. The first-order chi connectivity index (χ1) is 11.3. The Bertz CT molecular complexity index is 707. The van der Waals surface area contributed by atoms with E-state index in [9.17, 15) is 18.8 Å². The van der Waals surface area contributed by atoms with Crippen LogP contribution in [-0.2, 0) is 19.1 Å². The van der Waals surface area contributed by atoms with Crippen LogP contribution in [0.3, 0.4) is 0 Å². The largest absolute Gasteiger partial charge is 0.465 e. The van der Waals surface area contributed by atoms with Crippen LogP contribution in [0, 0.1) is 5.82 Å². The number of hydrogen-bond donors (Lipinski definition) is 0. The highest BCUT2D eigenvalue weighted by atomic mass is 19.1. The number of methoxy groups -OCH3 is 2. The standard InChI is InChI=1S/C17H18FNO5/c1-19(2)10-13(17(22)24-4)12(16(21)23-3)9-15(20)11-7-5-6-8-14(11)18/h5-10H,1-4H3/b12-9+,13-10+. The SMILES string of the molecule is COC(=O)C(=C/C(=O)c1ccccc1F)/C(=C\N(C)C)C(=O)OC. The van der Waals surface area contributed by atoms with Crippen LogP contribution in [0.4, 0.5) is 4.39 Å². The molecule has 0 unspecified atom stereocenters. The van der Waals surface area contributed by atoms with Gasteiger partial charge in [0.2, 0.25) is 0 Å². The molecule has 0 spiro atoms. The first kappa shape index (κ1) is 19.1. The van der Waals surface area contributed by atoms with Crippen molar-refractivity contribution >= 4 is 17.7 Å². The molecule has 6 nitrogen and oxygen atoms in total. The molecule has 0 aliphatic heterocycles. The molecule has 0 radical (unpaired) electrons. The number of nitrogens with zero attached hydrogens (tertiary/aromatic N) is 1. The maximum Gasteiger partial charge on any atom is 0.340 e. The summed E-state index contributed by atoms with van der Waals surface area (Å²) in [6.45, 7) is 0. The third-order valence-electron chi connectivity index (χ3n) is 2.90. The van der Waals surface area contributed by atoms with Gasteiger partial charge in [0.05, 0.1) is 30.9 Å². The van der Waals surface area contributed by atoms with Gasteiger partial charge in [-0.1, -0.05) is 12.1 Å². The van der Waals surface area contributed by atoms with E-state index < -0.39 is 23.5 Å². The van der Waals surface area contributed by atoms with Crippen LogP contribution in [0.2, 0.25) is 0 Å². The number of allylic oxidation sites excluding steroid dienone is 1. The summed E-state index contributed by atoms with van der Waals surface area (Å²) in [4.78, 5) is 37.7. The average molecular weight is 335 g/mol. The highest BCUT2D eigenvalue weighted by molar-refractivity contribution is 6.14. The summed E-state index contributed by atoms with van der Waals surface area (Å²) in [5, 5.41) is 0. The van der Waals surface area contributed by atoms with Crippen LogP contribution in [0.25, 0.3) is 0 Å². The molecule has 0 aliphatic rings. The third kappa shape index (κ3) is 4.77. The third-order valence-corrected chi connectivity index (χ3v) is 2.90. The van der Waals surface area contributed by atoms with Crippen molar-refractivity contribution in [3.63, 3.8) is 0 Å². The van der Waals surface area contributed by atoms with Crippen molar-refractivity contribution < 1.29 is 28.2 Å². The van der Waals surface area contributed by atoms with Crippen LogP contribution in [0.1, 0.15) is 10.4 Å². The zero-order chi connectivity index (χ0) is 18.3. The summed E-state index contributed by atoms with van der Waals surface area (Å²) in [7, 11) is 5.49. The van der Waals surface area contributed by atoms with Crippen LogP contribution in [0.5, 0.6) is 0 Å². The fraction of sp³-hybridized carbons (Fsp3) is 0.235. The zero-order valence-corrected chi connectivity index (χ0v) is 13.8. The van der Waals surface area contributed by atoms with E-state index in [-0.39, 0.29) is 16.7 Å². The highest BCUT2D eigenvalue weighted by Gasteiger charge is 2.24. The predicted molar refractivity (Wildman–Crippen MR) is 84.6 cm³/mol. The lowest BCUT2D eigenvalue weighted by atomic mass is 10.0. The van der Waals surface area contributed by atoms with Crippen LogP contribution in [0.15, 0.2) is 47.7 Å². The molecule has 7 heteroatoms.